The number of methoxy groups -OCH3 is 2. The number of aliphatic hydroxyl groups is 1. The molecule has 0 amide bonds. The summed E-state index contributed by atoms with van der Waals surface area (Å²) in [6, 6.07) is 15.1. The van der Waals surface area contributed by atoms with Crippen molar-refractivity contribution in [1.29, 1.82) is 0 Å². The molecule has 0 aliphatic rings. The first kappa shape index (κ1) is 15.2. The van der Waals surface area contributed by atoms with Crippen LogP contribution >= 0.6 is 0 Å². The molecule has 0 fully saturated rings. The van der Waals surface area contributed by atoms with Crippen molar-refractivity contribution in [2.24, 2.45) is 0 Å². The third-order valence-corrected chi connectivity index (χ3v) is 3.28. The zero-order valence-electron chi connectivity index (χ0n) is 12.3. The highest BCUT2D eigenvalue weighted by atomic mass is 16.5. The van der Waals surface area contributed by atoms with Crippen LogP contribution in [-0.2, 0) is 0 Å². The van der Waals surface area contributed by atoms with E-state index in [-0.39, 0.29) is 12.5 Å². The molecule has 0 aliphatic heterocycles. The van der Waals surface area contributed by atoms with Crippen molar-refractivity contribution in [2.75, 3.05) is 27.4 Å². The summed E-state index contributed by atoms with van der Waals surface area (Å²) in [6.45, 7) is 0.397. The monoisotopic (exact) mass is 288 g/mol. The van der Waals surface area contributed by atoms with E-state index in [0.29, 0.717) is 6.61 Å². The fraction of sp³-hybridized carbons (Fsp3) is 0.294. The normalized spacial score (nSPS) is 11.8. The summed E-state index contributed by atoms with van der Waals surface area (Å²) < 4.78 is 16.1. The number of rotatable bonds is 7. The molecular formula is C17H20O4. The molecule has 0 spiro atoms. The van der Waals surface area contributed by atoms with Gasteiger partial charge in [-0.05, 0) is 29.8 Å². The second-order valence-corrected chi connectivity index (χ2v) is 4.65. The van der Waals surface area contributed by atoms with Crippen molar-refractivity contribution >= 4 is 0 Å². The maximum absolute atomic E-state index is 9.58. The lowest BCUT2D eigenvalue weighted by molar-refractivity contribution is 0.204. The van der Waals surface area contributed by atoms with E-state index >= 15 is 0 Å². The average Bonchev–Trinajstić information content (AvgIpc) is 2.56. The Labute approximate surface area is 124 Å². The molecular weight excluding hydrogens is 268 g/mol. The van der Waals surface area contributed by atoms with Crippen molar-refractivity contribution in [2.45, 2.75) is 5.92 Å². The summed E-state index contributed by atoms with van der Waals surface area (Å²) in [6.07, 6.45) is 0. The highest BCUT2D eigenvalue weighted by Crippen LogP contribution is 2.24. The lowest BCUT2D eigenvalue weighted by Crippen LogP contribution is -2.14. The topological polar surface area (TPSA) is 47.9 Å². The van der Waals surface area contributed by atoms with Gasteiger partial charge in [-0.1, -0.05) is 18.2 Å². The molecule has 1 atom stereocenters. The molecule has 2 aromatic carbocycles. The number of aliphatic hydroxyl groups excluding tert-OH is 1. The van der Waals surface area contributed by atoms with Gasteiger partial charge in [0.05, 0.1) is 27.4 Å². The van der Waals surface area contributed by atoms with Crippen LogP contribution in [0.25, 0.3) is 0 Å². The van der Waals surface area contributed by atoms with Gasteiger partial charge in [-0.15, -0.1) is 0 Å². The Balaban J connectivity index is 2.04. The predicted octanol–water partition coefficient (Wildman–Crippen LogP) is 2.86. The van der Waals surface area contributed by atoms with E-state index in [4.69, 9.17) is 14.2 Å². The first-order chi connectivity index (χ1) is 10.3. The zero-order valence-corrected chi connectivity index (χ0v) is 12.3. The molecule has 21 heavy (non-hydrogen) atoms. The highest BCUT2D eigenvalue weighted by molar-refractivity contribution is 5.34. The van der Waals surface area contributed by atoms with Crippen LogP contribution in [0.3, 0.4) is 0 Å². The molecule has 0 aliphatic carbocycles. The number of benzene rings is 2. The summed E-state index contributed by atoms with van der Waals surface area (Å²) in [5.41, 5.74) is 0.986. The number of hydrogen-bond acceptors (Lipinski definition) is 4. The Morgan fingerprint density at radius 2 is 1.52 bits per heavy atom. The lowest BCUT2D eigenvalue weighted by atomic mass is 10.0. The minimum Gasteiger partial charge on any atom is -0.497 e. The van der Waals surface area contributed by atoms with E-state index in [1.54, 1.807) is 14.2 Å². The molecule has 0 saturated carbocycles. The van der Waals surface area contributed by atoms with Gasteiger partial charge in [0.1, 0.15) is 17.2 Å². The second kappa shape index (κ2) is 7.55. The smallest absolute Gasteiger partial charge is 0.123 e. The van der Waals surface area contributed by atoms with Crippen LogP contribution in [0.1, 0.15) is 11.5 Å². The summed E-state index contributed by atoms with van der Waals surface area (Å²) in [5, 5.41) is 9.58. The molecule has 0 heterocycles. The van der Waals surface area contributed by atoms with Gasteiger partial charge < -0.3 is 19.3 Å². The van der Waals surface area contributed by atoms with Crippen LogP contribution in [0.2, 0.25) is 0 Å². The van der Waals surface area contributed by atoms with Gasteiger partial charge in [-0.25, -0.2) is 0 Å². The number of ether oxygens (including phenoxy) is 3. The van der Waals surface area contributed by atoms with E-state index in [1.807, 2.05) is 48.5 Å². The lowest BCUT2D eigenvalue weighted by Gasteiger charge is -2.16. The molecule has 1 N–H and O–H groups in total. The first-order valence-corrected chi connectivity index (χ1v) is 6.78. The minimum absolute atomic E-state index is 0.0110. The van der Waals surface area contributed by atoms with Gasteiger partial charge >= 0.3 is 0 Å². The first-order valence-electron chi connectivity index (χ1n) is 6.78. The van der Waals surface area contributed by atoms with Gasteiger partial charge in [-0.2, -0.15) is 0 Å². The SMILES string of the molecule is COc1cccc(OCC(CO)c2cccc(OC)c2)c1. The Morgan fingerprint density at radius 3 is 2.19 bits per heavy atom. The molecule has 2 aromatic rings. The van der Waals surface area contributed by atoms with Gasteiger partial charge in [0.2, 0.25) is 0 Å². The van der Waals surface area contributed by atoms with Crippen LogP contribution < -0.4 is 14.2 Å². The maximum Gasteiger partial charge on any atom is 0.123 e. The van der Waals surface area contributed by atoms with Gasteiger partial charge in [-0.3, -0.25) is 0 Å². The fourth-order valence-electron chi connectivity index (χ4n) is 2.04. The van der Waals surface area contributed by atoms with Crippen LogP contribution in [-0.4, -0.2) is 32.5 Å². The third kappa shape index (κ3) is 4.13. The number of hydrogen-bond donors (Lipinski definition) is 1. The van der Waals surface area contributed by atoms with Gasteiger partial charge in [0.25, 0.3) is 0 Å². The van der Waals surface area contributed by atoms with E-state index < -0.39 is 0 Å². The maximum atomic E-state index is 9.58. The van der Waals surface area contributed by atoms with E-state index in [1.165, 1.54) is 0 Å². The van der Waals surface area contributed by atoms with Crippen LogP contribution in [0.5, 0.6) is 17.2 Å². The Bertz CT molecular complexity index is 568. The fourth-order valence-corrected chi connectivity index (χ4v) is 2.04. The quantitative estimate of drug-likeness (QED) is 0.851. The average molecular weight is 288 g/mol. The molecule has 2 rings (SSSR count). The van der Waals surface area contributed by atoms with Crippen molar-refractivity contribution in [1.82, 2.24) is 0 Å². The van der Waals surface area contributed by atoms with Crippen molar-refractivity contribution < 1.29 is 19.3 Å². The van der Waals surface area contributed by atoms with E-state index in [0.717, 1.165) is 22.8 Å². The van der Waals surface area contributed by atoms with Crippen LogP contribution in [0, 0.1) is 0 Å². The Kier molecular flexibility index (Phi) is 5.46. The Hall–Kier alpha value is -2.20. The third-order valence-electron chi connectivity index (χ3n) is 3.28. The molecule has 0 saturated heterocycles. The predicted molar refractivity (Wildman–Crippen MR) is 81.3 cm³/mol. The summed E-state index contributed by atoms with van der Waals surface area (Å²) in [7, 11) is 3.24. The molecule has 0 radical (unpaired) electrons. The summed E-state index contributed by atoms with van der Waals surface area (Å²) >= 11 is 0. The van der Waals surface area contributed by atoms with Crippen LogP contribution in [0.4, 0.5) is 0 Å². The van der Waals surface area contributed by atoms with Crippen molar-refractivity contribution in [3.63, 3.8) is 0 Å². The molecule has 0 bridgehead atoms. The van der Waals surface area contributed by atoms with Gasteiger partial charge in [0, 0.05) is 12.0 Å². The molecule has 112 valence electrons. The zero-order chi connectivity index (χ0) is 15.1. The molecule has 0 aromatic heterocycles. The largest absolute Gasteiger partial charge is 0.497 e. The minimum atomic E-state index is -0.105. The van der Waals surface area contributed by atoms with Crippen molar-refractivity contribution in [3.8, 4) is 17.2 Å². The van der Waals surface area contributed by atoms with Gasteiger partial charge in [0.15, 0.2) is 0 Å². The summed E-state index contributed by atoms with van der Waals surface area (Å²) in [4.78, 5) is 0. The highest BCUT2D eigenvalue weighted by Gasteiger charge is 2.12. The van der Waals surface area contributed by atoms with Crippen LogP contribution in [0.15, 0.2) is 48.5 Å². The molecule has 4 nitrogen and oxygen atoms in total. The molecule has 4 heteroatoms. The second-order valence-electron chi connectivity index (χ2n) is 4.65. The standard InChI is InChI=1S/C17H20O4/c1-19-15-6-3-5-13(9-15)14(11-18)12-21-17-8-4-7-16(10-17)20-2/h3-10,14,18H,11-12H2,1-2H3. The van der Waals surface area contributed by atoms with Crippen molar-refractivity contribution in [3.05, 3.63) is 54.1 Å². The summed E-state index contributed by atoms with van der Waals surface area (Å²) in [5.74, 6) is 2.13. The molecule has 1 unspecified atom stereocenters. The Morgan fingerprint density at radius 1 is 0.905 bits per heavy atom. The van der Waals surface area contributed by atoms with E-state index in [2.05, 4.69) is 0 Å². The van der Waals surface area contributed by atoms with E-state index in [9.17, 15) is 5.11 Å².